The maximum absolute atomic E-state index is 12.3. The number of halogens is 3. The zero-order chi connectivity index (χ0) is 14.8. The van der Waals surface area contributed by atoms with E-state index in [1.807, 2.05) is 0 Å². The molecule has 0 saturated carbocycles. The SMILES string of the molecule is O=C([O-])c1cccc(-c2ccccc2OC(F)(F)F)c1. The van der Waals surface area contributed by atoms with E-state index in [0.717, 1.165) is 6.07 Å². The van der Waals surface area contributed by atoms with Gasteiger partial charge in [-0.3, -0.25) is 0 Å². The monoisotopic (exact) mass is 281 g/mol. The second-order valence-electron chi connectivity index (χ2n) is 3.91. The van der Waals surface area contributed by atoms with Gasteiger partial charge in [-0.1, -0.05) is 36.4 Å². The Morgan fingerprint density at radius 1 is 1.05 bits per heavy atom. The van der Waals surface area contributed by atoms with Crippen LogP contribution < -0.4 is 9.84 Å². The van der Waals surface area contributed by atoms with Crippen molar-refractivity contribution in [2.45, 2.75) is 6.36 Å². The summed E-state index contributed by atoms with van der Waals surface area (Å²) < 4.78 is 40.9. The molecule has 0 aliphatic rings. The molecule has 2 aromatic rings. The number of hydrogen-bond donors (Lipinski definition) is 0. The lowest BCUT2D eigenvalue weighted by Gasteiger charge is -2.14. The topological polar surface area (TPSA) is 49.4 Å². The van der Waals surface area contributed by atoms with Crippen LogP contribution in [0.25, 0.3) is 11.1 Å². The minimum Gasteiger partial charge on any atom is -0.545 e. The van der Waals surface area contributed by atoms with Gasteiger partial charge in [0.1, 0.15) is 5.75 Å². The summed E-state index contributed by atoms with van der Waals surface area (Å²) in [5.74, 6) is -1.79. The first-order chi connectivity index (χ1) is 9.37. The standard InChI is InChI=1S/C14H9F3O3/c15-14(16,17)20-12-7-2-1-6-11(12)9-4-3-5-10(8-9)13(18)19/h1-8H,(H,18,19)/p-1. The molecular formula is C14H8F3O3-. The first kappa shape index (κ1) is 13.9. The lowest BCUT2D eigenvalue weighted by Crippen LogP contribution is -2.22. The van der Waals surface area contributed by atoms with Crippen molar-refractivity contribution in [3.05, 3.63) is 54.1 Å². The van der Waals surface area contributed by atoms with E-state index in [4.69, 9.17) is 0 Å². The summed E-state index contributed by atoms with van der Waals surface area (Å²) >= 11 is 0. The van der Waals surface area contributed by atoms with Crippen molar-refractivity contribution in [1.29, 1.82) is 0 Å². The van der Waals surface area contributed by atoms with Gasteiger partial charge in [-0.2, -0.15) is 0 Å². The van der Waals surface area contributed by atoms with Gasteiger partial charge in [0, 0.05) is 5.56 Å². The van der Waals surface area contributed by atoms with Gasteiger partial charge in [0.15, 0.2) is 0 Å². The molecule has 6 heteroatoms. The minimum atomic E-state index is -4.82. The number of para-hydroxylation sites is 1. The molecule has 0 spiro atoms. The molecule has 0 saturated heterocycles. The molecule has 3 nitrogen and oxygen atoms in total. The van der Waals surface area contributed by atoms with Gasteiger partial charge >= 0.3 is 6.36 Å². The first-order valence-electron chi connectivity index (χ1n) is 5.53. The Hall–Kier alpha value is -2.50. The smallest absolute Gasteiger partial charge is 0.545 e. The summed E-state index contributed by atoms with van der Waals surface area (Å²) in [6.07, 6.45) is -4.82. The lowest BCUT2D eigenvalue weighted by atomic mass is 10.0. The van der Waals surface area contributed by atoms with Crippen molar-refractivity contribution in [1.82, 2.24) is 0 Å². The summed E-state index contributed by atoms with van der Waals surface area (Å²) in [7, 11) is 0. The highest BCUT2D eigenvalue weighted by molar-refractivity contribution is 5.88. The van der Waals surface area contributed by atoms with Crippen molar-refractivity contribution in [2.24, 2.45) is 0 Å². The number of ether oxygens (including phenoxy) is 1. The van der Waals surface area contributed by atoms with Crippen LogP contribution in [-0.2, 0) is 0 Å². The second-order valence-corrected chi connectivity index (χ2v) is 3.91. The minimum absolute atomic E-state index is 0.121. The number of carboxylic acids is 1. The van der Waals surface area contributed by atoms with Gasteiger partial charge in [-0.15, -0.1) is 13.2 Å². The average Bonchev–Trinajstić information content (AvgIpc) is 2.37. The number of alkyl halides is 3. The summed E-state index contributed by atoms with van der Waals surface area (Å²) in [5.41, 5.74) is 0.323. The van der Waals surface area contributed by atoms with E-state index in [1.165, 1.54) is 42.5 Å². The van der Waals surface area contributed by atoms with Crippen LogP contribution in [0.2, 0.25) is 0 Å². The molecule has 2 rings (SSSR count). The molecule has 0 amide bonds. The number of benzene rings is 2. The Balaban J connectivity index is 2.47. The number of carbonyl (C=O) groups excluding carboxylic acids is 1. The van der Waals surface area contributed by atoms with Crippen molar-refractivity contribution >= 4 is 5.97 Å². The number of rotatable bonds is 3. The Kier molecular flexibility index (Phi) is 3.65. The molecule has 20 heavy (non-hydrogen) atoms. The quantitative estimate of drug-likeness (QED) is 0.869. The van der Waals surface area contributed by atoms with E-state index in [0.29, 0.717) is 5.56 Å². The van der Waals surface area contributed by atoms with Crippen LogP contribution in [0.1, 0.15) is 10.4 Å². The number of carboxylic acid groups (broad SMARTS) is 1. The van der Waals surface area contributed by atoms with E-state index >= 15 is 0 Å². The zero-order valence-corrected chi connectivity index (χ0v) is 9.98. The van der Waals surface area contributed by atoms with E-state index in [9.17, 15) is 23.1 Å². The molecule has 0 aliphatic carbocycles. The molecule has 0 aliphatic heterocycles. The Bertz CT molecular complexity index is 636. The predicted octanol–water partition coefficient (Wildman–Crippen LogP) is 2.62. The third-order valence-corrected chi connectivity index (χ3v) is 2.52. The molecule has 0 unspecified atom stereocenters. The Morgan fingerprint density at radius 2 is 1.75 bits per heavy atom. The van der Waals surface area contributed by atoms with Crippen molar-refractivity contribution in [3.63, 3.8) is 0 Å². The molecule has 2 aromatic carbocycles. The fourth-order valence-electron chi connectivity index (χ4n) is 1.73. The van der Waals surface area contributed by atoms with Gasteiger partial charge < -0.3 is 14.6 Å². The van der Waals surface area contributed by atoms with Crippen LogP contribution in [0.5, 0.6) is 5.75 Å². The van der Waals surface area contributed by atoms with Gasteiger partial charge in [0.2, 0.25) is 0 Å². The summed E-state index contributed by atoms with van der Waals surface area (Å²) in [6, 6.07) is 10.9. The lowest BCUT2D eigenvalue weighted by molar-refractivity contribution is -0.274. The van der Waals surface area contributed by atoms with Gasteiger partial charge in [-0.25, -0.2) is 0 Å². The molecule has 0 N–H and O–H groups in total. The normalized spacial score (nSPS) is 11.2. The van der Waals surface area contributed by atoms with Gasteiger partial charge in [0.05, 0.1) is 5.97 Å². The average molecular weight is 281 g/mol. The maximum atomic E-state index is 12.3. The molecule has 104 valence electrons. The van der Waals surface area contributed by atoms with Gasteiger partial charge in [0.25, 0.3) is 0 Å². The second kappa shape index (κ2) is 5.24. The third kappa shape index (κ3) is 3.28. The number of aromatic carboxylic acids is 1. The van der Waals surface area contributed by atoms with Crippen LogP contribution >= 0.6 is 0 Å². The molecule has 0 bridgehead atoms. The van der Waals surface area contributed by atoms with Crippen LogP contribution in [0.4, 0.5) is 13.2 Å². The van der Waals surface area contributed by atoms with Crippen molar-refractivity contribution in [2.75, 3.05) is 0 Å². The van der Waals surface area contributed by atoms with E-state index in [2.05, 4.69) is 4.74 Å². The van der Waals surface area contributed by atoms with Crippen LogP contribution in [0, 0.1) is 0 Å². The van der Waals surface area contributed by atoms with Crippen LogP contribution in [0.15, 0.2) is 48.5 Å². The Morgan fingerprint density at radius 3 is 2.40 bits per heavy atom. The predicted molar refractivity (Wildman–Crippen MR) is 62.9 cm³/mol. The molecule has 0 heterocycles. The first-order valence-corrected chi connectivity index (χ1v) is 5.53. The van der Waals surface area contributed by atoms with Crippen LogP contribution in [0.3, 0.4) is 0 Å². The summed E-state index contributed by atoms with van der Waals surface area (Å²) in [5, 5.41) is 10.8. The van der Waals surface area contributed by atoms with Gasteiger partial charge in [-0.05, 0) is 23.3 Å². The molecular weight excluding hydrogens is 273 g/mol. The maximum Gasteiger partial charge on any atom is 0.573 e. The number of hydrogen-bond acceptors (Lipinski definition) is 3. The van der Waals surface area contributed by atoms with E-state index in [-0.39, 0.29) is 11.1 Å². The van der Waals surface area contributed by atoms with E-state index in [1.54, 1.807) is 0 Å². The largest absolute Gasteiger partial charge is 0.573 e. The fraction of sp³-hybridized carbons (Fsp3) is 0.0714. The summed E-state index contributed by atoms with van der Waals surface area (Å²) in [4.78, 5) is 10.8. The highest BCUT2D eigenvalue weighted by Gasteiger charge is 2.32. The van der Waals surface area contributed by atoms with Crippen molar-refractivity contribution in [3.8, 4) is 16.9 Å². The molecule has 0 fully saturated rings. The highest BCUT2D eigenvalue weighted by Crippen LogP contribution is 2.33. The molecule has 0 aromatic heterocycles. The van der Waals surface area contributed by atoms with Crippen molar-refractivity contribution < 1.29 is 27.8 Å². The van der Waals surface area contributed by atoms with Crippen LogP contribution in [-0.4, -0.2) is 12.3 Å². The highest BCUT2D eigenvalue weighted by atomic mass is 19.4. The fourth-order valence-corrected chi connectivity index (χ4v) is 1.73. The third-order valence-electron chi connectivity index (χ3n) is 2.52. The zero-order valence-electron chi connectivity index (χ0n) is 9.98. The van der Waals surface area contributed by atoms with E-state index < -0.39 is 18.1 Å². The number of carbonyl (C=O) groups is 1. The molecule has 0 radical (unpaired) electrons. The summed E-state index contributed by atoms with van der Waals surface area (Å²) in [6.45, 7) is 0. The molecule has 0 atom stereocenters. The Labute approximate surface area is 112 Å².